The highest BCUT2D eigenvalue weighted by Gasteiger charge is 2.37. The van der Waals surface area contributed by atoms with Crippen LogP contribution in [0.4, 0.5) is 38.1 Å². The molecule has 0 spiro atoms. The highest BCUT2D eigenvalue weighted by atomic mass is 19.4. The van der Waals surface area contributed by atoms with E-state index in [0.29, 0.717) is 48.8 Å². The predicted octanol–water partition coefficient (Wildman–Crippen LogP) is 5.56. The molecule has 2 amide bonds. The van der Waals surface area contributed by atoms with Gasteiger partial charge in [0, 0.05) is 42.5 Å². The number of aromatic nitrogens is 4. The van der Waals surface area contributed by atoms with E-state index in [4.69, 9.17) is 5.73 Å². The van der Waals surface area contributed by atoms with Crippen molar-refractivity contribution >= 4 is 29.1 Å². The lowest BCUT2D eigenvalue weighted by Gasteiger charge is -2.31. The molecule has 0 aliphatic carbocycles. The summed E-state index contributed by atoms with van der Waals surface area (Å²) >= 11 is 0. The molecule has 1 aliphatic rings. The number of halogens is 6. The Morgan fingerprint density at radius 1 is 1.02 bits per heavy atom. The average Bonchev–Trinajstić information content (AvgIpc) is 3.36. The molecule has 0 radical (unpaired) electrons. The van der Waals surface area contributed by atoms with Crippen LogP contribution in [0.25, 0.3) is 16.9 Å². The number of amides is 2. The van der Waals surface area contributed by atoms with Crippen LogP contribution in [0.3, 0.4) is 0 Å². The number of nitrogen functional groups attached to an aromatic ring is 1. The standard InChI is InChI=1S/C28H23F6N7O2/c1-2-22(42)40-11-3-4-16(14-40)23-20-8-10-37-26(35)41(20)24(39-23)18-6-5-15(12-19(18)28(32,33)34)25(43)38-21-13-17(7-9-36-21)27(29,30)31/h2,5-10,12-13,16H,1,3-4,11,14H2,(H2,35,37)(H,36,38,43). The van der Waals surface area contributed by atoms with Gasteiger partial charge in [-0.1, -0.05) is 6.58 Å². The molecule has 1 aliphatic heterocycles. The number of nitrogens with zero attached hydrogens (tertiary/aromatic N) is 5. The molecule has 0 bridgehead atoms. The summed E-state index contributed by atoms with van der Waals surface area (Å²) in [5.74, 6) is -2.50. The Morgan fingerprint density at radius 2 is 1.77 bits per heavy atom. The first kappa shape index (κ1) is 29.5. The van der Waals surface area contributed by atoms with E-state index in [2.05, 4.69) is 26.8 Å². The van der Waals surface area contributed by atoms with Crippen LogP contribution in [-0.4, -0.2) is 49.2 Å². The fraction of sp³-hybridized carbons (Fsp3) is 0.250. The normalized spacial score (nSPS) is 15.9. The lowest BCUT2D eigenvalue weighted by molar-refractivity contribution is -0.138. The minimum absolute atomic E-state index is 0.133. The van der Waals surface area contributed by atoms with Gasteiger partial charge in [0.2, 0.25) is 11.9 Å². The molecule has 224 valence electrons. The number of benzene rings is 1. The molecule has 43 heavy (non-hydrogen) atoms. The number of nitrogens with two attached hydrogens (primary N) is 1. The van der Waals surface area contributed by atoms with Crippen molar-refractivity contribution < 1.29 is 35.9 Å². The Balaban J connectivity index is 1.57. The smallest absolute Gasteiger partial charge is 0.369 e. The first-order valence-electron chi connectivity index (χ1n) is 12.9. The summed E-state index contributed by atoms with van der Waals surface area (Å²) in [7, 11) is 0. The Kier molecular flexibility index (Phi) is 7.58. The molecule has 0 saturated carbocycles. The van der Waals surface area contributed by atoms with Crippen LogP contribution in [0.15, 0.2) is 61.4 Å². The Hall–Kier alpha value is -4.95. The van der Waals surface area contributed by atoms with E-state index in [1.54, 1.807) is 11.0 Å². The van der Waals surface area contributed by atoms with E-state index in [0.717, 1.165) is 18.3 Å². The number of carbonyl (C=O) groups excluding carboxylic acids is 2. The summed E-state index contributed by atoms with van der Waals surface area (Å²) in [5.41, 5.74) is 3.73. The summed E-state index contributed by atoms with van der Waals surface area (Å²) in [6.45, 7) is 4.28. The van der Waals surface area contributed by atoms with Gasteiger partial charge in [-0.25, -0.2) is 15.0 Å². The number of hydrogen-bond donors (Lipinski definition) is 2. The number of imidazole rings is 1. The van der Waals surface area contributed by atoms with E-state index in [9.17, 15) is 35.9 Å². The number of carbonyl (C=O) groups is 2. The van der Waals surface area contributed by atoms with Crippen molar-refractivity contribution in [3.8, 4) is 11.4 Å². The van der Waals surface area contributed by atoms with Crippen LogP contribution in [0.1, 0.15) is 45.9 Å². The van der Waals surface area contributed by atoms with Crippen molar-refractivity contribution in [3.63, 3.8) is 0 Å². The largest absolute Gasteiger partial charge is 0.417 e. The van der Waals surface area contributed by atoms with E-state index in [1.807, 2.05) is 0 Å². The molecular weight excluding hydrogens is 580 g/mol. The van der Waals surface area contributed by atoms with Crippen LogP contribution in [0.2, 0.25) is 0 Å². The molecular formula is C28H23F6N7O2. The third kappa shape index (κ3) is 5.87. The Morgan fingerprint density at radius 3 is 2.47 bits per heavy atom. The number of alkyl halides is 6. The van der Waals surface area contributed by atoms with Gasteiger partial charge < -0.3 is 16.0 Å². The van der Waals surface area contributed by atoms with Crippen LogP contribution < -0.4 is 11.1 Å². The number of likely N-dealkylation sites (tertiary alicyclic amines) is 1. The molecule has 4 aromatic rings. The number of rotatable bonds is 5. The monoisotopic (exact) mass is 603 g/mol. The summed E-state index contributed by atoms with van der Waals surface area (Å²) in [6, 6.07) is 5.53. The summed E-state index contributed by atoms with van der Waals surface area (Å²) in [5, 5.41) is 2.11. The highest BCUT2D eigenvalue weighted by Crippen LogP contribution is 2.40. The molecule has 3 N–H and O–H groups in total. The van der Waals surface area contributed by atoms with Gasteiger partial charge in [0.1, 0.15) is 11.6 Å². The fourth-order valence-electron chi connectivity index (χ4n) is 5.07. The van der Waals surface area contributed by atoms with Crippen molar-refractivity contribution in [2.24, 2.45) is 0 Å². The van der Waals surface area contributed by atoms with Gasteiger partial charge in [-0.3, -0.25) is 14.0 Å². The molecule has 1 saturated heterocycles. The zero-order valence-corrected chi connectivity index (χ0v) is 22.2. The number of nitrogens with one attached hydrogen (secondary N) is 1. The zero-order chi connectivity index (χ0) is 31.1. The molecule has 15 heteroatoms. The van der Waals surface area contributed by atoms with Crippen LogP contribution in [0, 0.1) is 0 Å². The highest BCUT2D eigenvalue weighted by molar-refractivity contribution is 6.04. The molecule has 1 aromatic carbocycles. The maximum absolute atomic E-state index is 14.4. The van der Waals surface area contributed by atoms with Gasteiger partial charge in [-0.2, -0.15) is 26.3 Å². The van der Waals surface area contributed by atoms with Crippen molar-refractivity contribution in [2.45, 2.75) is 31.1 Å². The van der Waals surface area contributed by atoms with Gasteiger partial charge >= 0.3 is 12.4 Å². The van der Waals surface area contributed by atoms with E-state index in [1.165, 1.54) is 16.7 Å². The number of hydrogen-bond acceptors (Lipinski definition) is 6. The quantitative estimate of drug-likeness (QED) is 0.228. The number of anilines is 2. The van der Waals surface area contributed by atoms with Crippen LogP contribution >= 0.6 is 0 Å². The van der Waals surface area contributed by atoms with Crippen molar-refractivity contribution in [1.82, 2.24) is 24.3 Å². The second-order valence-electron chi connectivity index (χ2n) is 9.81. The average molecular weight is 604 g/mol. The fourth-order valence-corrected chi connectivity index (χ4v) is 5.07. The molecule has 1 fully saturated rings. The van der Waals surface area contributed by atoms with Gasteiger partial charge in [-0.15, -0.1) is 0 Å². The number of piperidine rings is 1. The topological polar surface area (TPSA) is 119 Å². The molecule has 3 aromatic heterocycles. The molecule has 4 heterocycles. The maximum Gasteiger partial charge on any atom is 0.417 e. The minimum Gasteiger partial charge on any atom is -0.369 e. The van der Waals surface area contributed by atoms with E-state index < -0.39 is 46.3 Å². The summed E-state index contributed by atoms with van der Waals surface area (Å²) in [6.07, 6.45) is -5.02. The second kappa shape index (κ2) is 11.0. The second-order valence-corrected chi connectivity index (χ2v) is 9.81. The van der Waals surface area contributed by atoms with Crippen molar-refractivity contribution in [2.75, 3.05) is 24.1 Å². The van der Waals surface area contributed by atoms with E-state index >= 15 is 0 Å². The molecule has 1 atom stereocenters. The molecule has 1 unspecified atom stereocenters. The Labute approximate surface area is 240 Å². The summed E-state index contributed by atoms with van der Waals surface area (Å²) < 4.78 is 83.7. The lowest BCUT2D eigenvalue weighted by atomic mass is 9.94. The third-order valence-electron chi connectivity index (χ3n) is 7.06. The molecule has 9 nitrogen and oxygen atoms in total. The minimum atomic E-state index is -4.97. The number of pyridine rings is 1. The maximum atomic E-state index is 14.4. The van der Waals surface area contributed by atoms with Gasteiger partial charge in [0.15, 0.2) is 0 Å². The van der Waals surface area contributed by atoms with E-state index in [-0.39, 0.29) is 30.1 Å². The first-order valence-corrected chi connectivity index (χ1v) is 12.9. The van der Waals surface area contributed by atoms with Gasteiger partial charge in [0.25, 0.3) is 5.91 Å². The SMILES string of the molecule is C=CC(=O)N1CCCC(c2nc(-c3ccc(C(=O)Nc4cc(C(F)(F)F)ccn4)cc3C(F)(F)F)n3c(N)nccc23)C1. The molecule has 5 rings (SSSR count). The predicted molar refractivity (Wildman–Crippen MR) is 144 cm³/mol. The Bertz CT molecular complexity index is 1730. The summed E-state index contributed by atoms with van der Waals surface area (Å²) in [4.78, 5) is 38.9. The van der Waals surface area contributed by atoms with Gasteiger partial charge in [-0.05, 0) is 55.3 Å². The lowest BCUT2D eigenvalue weighted by Crippen LogP contribution is -2.38. The third-order valence-corrected chi connectivity index (χ3v) is 7.06. The number of fused-ring (bicyclic) bond motifs is 1. The van der Waals surface area contributed by atoms with Crippen LogP contribution in [-0.2, 0) is 17.1 Å². The van der Waals surface area contributed by atoms with Crippen molar-refractivity contribution in [1.29, 1.82) is 0 Å². The van der Waals surface area contributed by atoms with Gasteiger partial charge in [0.05, 0.1) is 22.3 Å². The van der Waals surface area contributed by atoms with Crippen molar-refractivity contribution in [3.05, 3.63) is 83.8 Å². The van der Waals surface area contributed by atoms with Crippen LogP contribution in [0.5, 0.6) is 0 Å². The zero-order valence-electron chi connectivity index (χ0n) is 22.2. The first-order chi connectivity index (χ1) is 20.3.